The number of aromatic nitrogens is 1. The number of carbonyl (C=O) groups excluding carboxylic acids is 2. The number of alkyl halides is 4. The molecule has 0 bridgehead atoms. The average molecular weight is 484 g/mol. The number of thiazole rings is 1. The van der Waals surface area contributed by atoms with Crippen LogP contribution in [-0.2, 0) is 4.79 Å². The minimum atomic E-state index is -4.88. The van der Waals surface area contributed by atoms with Crippen molar-refractivity contribution in [3.05, 3.63) is 53.8 Å². The molecule has 3 amide bonds. The van der Waals surface area contributed by atoms with Crippen molar-refractivity contribution in [2.45, 2.75) is 37.1 Å². The zero-order chi connectivity index (χ0) is 23.8. The minimum absolute atomic E-state index is 0.115. The van der Waals surface area contributed by atoms with Crippen molar-refractivity contribution >= 4 is 44.3 Å². The van der Waals surface area contributed by atoms with Crippen LogP contribution in [0.15, 0.2) is 42.5 Å². The molecule has 3 atom stereocenters. The maximum Gasteiger partial charge on any atom is 0.404 e. The molecule has 1 aromatic heterocycles. The number of nitrogens with zero attached hydrogens (tertiary/aromatic N) is 1. The maximum atomic E-state index is 13.7. The summed E-state index contributed by atoms with van der Waals surface area (Å²) in [6.07, 6.45) is -5.73. The van der Waals surface area contributed by atoms with Crippen LogP contribution in [0.25, 0.3) is 10.2 Å². The van der Waals surface area contributed by atoms with Crippen LogP contribution in [0.4, 0.5) is 37.6 Å². The summed E-state index contributed by atoms with van der Waals surface area (Å²) in [5.74, 6) is -4.24. The van der Waals surface area contributed by atoms with E-state index >= 15 is 0 Å². The highest BCUT2D eigenvalue weighted by Gasteiger charge is 2.47. The van der Waals surface area contributed by atoms with E-state index in [1.807, 2.05) is 0 Å². The first-order valence-corrected chi connectivity index (χ1v) is 10.7. The summed E-state index contributed by atoms with van der Waals surface area (Å²) >= 11 is 0.920. The summed E-state index contributed by atoms with van der Waals surface area (Å²) in [5, 5.41) is 7.20. The van der Waals surface area contributed by atoms with Crippen LogP contribution >= 0.6 is 11.3 Å². The van der Waals surface area contributed by atoms with Crippen molar-refractivity contribution in [3.8, 4) is 0 Å². The molecule has 1 heterocycles. The molecule has 12 heteroatoms. The smallest absolute Gasteiger partial charge is 0.350 e. The van der Waals surface area contributed by atoms with Crippen molar-refractivity contribution < 1.29 is 31.5 Å². The fourth-order valence-corrected chi connectivity index (χ4v) is 4.25. The van der Waals surface area contributed by atoms with Crippen molar-refractivity contribution in [1.82, 2.24) is 10.3 Å². The Bertz CT molecular complexity index is 1180. The van der Waals surface area contributed by atoms with E-state index in [0.717, 1.165) is 17.4 Å². The topological polar surface area (TPSA) is 83.1 Å². The molecule has 1 aliphatic carbocycles. The first-order valence-electron chi connectivity index (χ1n) is 9.85. The number of hydrogen-bond donors (Lipinski definition) is 3. The first kappa shape index (κ1) is 22.9. The Morgan fingerprint density at radius 1 is 1.06 bits per heavy atom. The Kier molecular flexibility index (Phi) is 6.19. The number of amides is 3. The molecule has 0 saturated heterocycles. The summed E-state index contributed by atoms with van der Waals surface area (Å²) in [6.45, 7) is 0. The highest BCUT2D eigenvalue weighted by Crippen LogP contribution is 2.38. The zero-order valence-electron chi connectivity index (χ0n) is 16.7. The fourth-order valence-electron chi connectivity index (χ4n) is 3.34. The summed E-state index contributed by atoms with van der Waals surface area (Å²) < 4.78 is 67.7. The Hall–Kier alpha value is -3.28. The predicted molar refractivity (Wildman–Crippen MR) is 114 cm³/mol. The van der Waals surface area contributed by atoms with Crippen LogP contribution in [0.1, 0.15) is 24.3 Å². The monoisotopic (exact) mass is 484 g/mol. The molecule has 3 N–H and O–H groups in total. The highest BCUT2D eigenvalue weighted by molar-refractivity contribution is 7.22. The van der Waals surface area contributed by atoms with E-state index in [4.69, 9.17) is 0 Å². The van der Waals surface area contributed by atoms with E-state index in [1.54, 1.807) is 0 Å². The van der Waals surface area contributed by atoms with Gasteiger partial charge in [-0.2, -0.15) is 13.2 Å². The molecule has 4 rings (SSSR count). The molecular formula is C21H17F5N4O2S. The Balaban J connectivity index is 1.51. The largest absolute Gasteiger partial charge is 0.404 e. The summed E-state index contributed by atoms with van der Waals surface area (Å²) in [4.78, 5) is 28.6. The van der Waals surface area contributed by atoms with Gasteiger partial charge >= 0.3 is 12.2 Å². The van der Waals surface area contributed by atoms with Crippen LogP contribution < -0.4 is 16.0 Å². The summed E-state index contributed by atoms with van der Waals surface area (Å²) in [6, 6.07) is 7.10. The normalized spacial score (nSPS) is 18.9. The third-order valence-corrected chi connectivity index (χ3v) is 6.11. The maximum absolute atomic E-state index is 13.7. The van der Waals surface area contributed by atoms with Gasteiger partial charge in [0.05, 0.1) is 16.3 Å². The molecular weight excluding hydrogens is 467 g/mol. The van der Waals surface area contributed by atoms with Gasteiger partial charge < -0.3 is 10.6 Å². The van der Waals surface area contributed by atoms with Crippen LogP contribution in [0.2, 0.25) is 0 Å². The van der Waals surface area contributed by atoms with Crippen LogP contribution in [0, 0.1) is 5.82 Å². The second-order valence-corrected chi connectivity index (χ2v) is 8.55. The molecule has 3 unspecified atom stereocenters. The molecule has 174 valence electrons. The van der Waals surface area contributed by atoms with Gasteiger partial charge in [-0.3, -0.25) is 10.1 Å². The minimum Gasteiger partial charge on any atom is -0.350 e. The zero-order valence-corrected chi connectivity index (χ0v) is 17.6. The van der Waals surface area contributed by atoms with Crippen molar-refractivity contribution in [2.75, 3.05) is 10.6 Å². The van der Waals surface area contributed by atoms with Crippen molar-refractivity contribution in [3.63, 3.8) is 0 Å². The van der Waals surface area contributed by atoms with Gasteiger partial charge in [-0.25, -0.2) is 18.6 Å². The molecule has 0 aliphatic heterocycles. The standard InChI is InChI=1S/C21H17F5N4O2S/c22-11-2-4-12(5-3-11)27-19(32)30-20-29-15-7-1-10(9-16(15)33-20)17(21(24,25)26)18(31)28-14-8-6-13(14)23/h1-5,7,9,13-14,17H,6,8H2,(H,28,31)(H2,27,29,30,32). The van der Waals surface area contributed by atoms with E-state index in [9.17, 15) is 31.5 Å². The van der Waals surface area contributed by atoms with Crippen LogP contribution in [-0.4, -0.2) is 35.3 Å². The second-order valence-electron chi connectivity index (χ2n) is 7.52. The Morgan fingerprint density at radius 2 is 1.79 bits per heavy atom. The number of nitrogens with one attached hydrogen (secondary N) is 3. The van der Waals surface area contributed by atoms with E-state index < -0.39 is 42.1 Å². The molecule has 1 fully saturated rings. The van der Waals surface area contributed by atoms with E-state index in [0.29, 0.717) is 22.3 Å². The van der Waals surface area contributed by atoms with E-state index in [1.165, 1.54) is 36.4 Å². The van der Waals surface area contributed by atoms with Gasteiger partial charge in [0.2, 0.25) is 5.91 Å². The second kappa shape index (κ2) is 8.93. The molecule has 6 nitrogen and oxygen atoms in total. The van der Waals surface area contributed by atoms with E-state index in [-0.39, 0.29) is 17.1 Å². The number of halogens is 5. The molecule has 2 aromatic carbocycles. The predicted octanol–water partition coefficient (Wildman–Crippen LogP) is 5.34. The lowest BCUT2D eigenvalue weighted by molar-refractivity contribution is -0.166. The van der Waals surface area contributed by atoms with Gasteiger partial charge in [0.15, 0.2) is 11.0 Å². The number of carbonyl (C=O) groups is 2. The van der Waals surface area contributed by atoms with Gasteiger partial charge in [-0.15, -0.1) is 0 Å². The first-order chi connectivity index (χ1) is 15.6. The molecule has 0 radical (unpaired) electrons. The van der Waals surface area contributed by atoms with Crippen LogP contribution in [0.3, 0.4) is 0 Å². The lowest BCUT2D eigenvalue weighted by Crippen LogP contribution is -2.51. The quantitative estimate of drug-likeness (QED) is 0.428. The SMILES string of the molecule is O=C(Nc1ccc(F)cc1)Nc1nc2ccc(C(C(=O)NC3CCC3F)C(F)(F)F)cc2s1. The number of urea groups is 1. The lowest BCUT2D eigenvalue weighted by atomic mass is 9.89. The van der Waals surface area contributed by atoms with E-state index in [2.05, 4.69) is 20.9 Å². The van der Waals surface area contributed by atoms with Gasteiger partial charge in [-0.1, -0.05) is 17.4 Å². The van der Waals surface area contributed by atoms with Gasteiger partial charge in [-0.05, 0) is 54.8 Å². The average Bonchev–Trinajstić information content (AvgIpc) is 3.13. The summed E-state index contributed by atoms with van der Waals surface area (Å²) in [7, 11) is 0. The van der Waals surface area contributed by atoms with Gasteiger partial charge in [0, 0.05) is 5.69 Å². The summed E-state index contributed by atoms with van der Waals surface area (Å²) in [5.41, 5.74) is 0.344. The third kappa shape index (κ3) is 5.21. The number of rotatable bonds is 5. The molecule has 33 heavy (non-hydrogen) atoms. The molecule has 1 aliphatic rings. The fraction of sp³-hybridized carbons (Fsp3) is 0.286. The number of anilines is 2. The Morgan fingerprint density at radius 3 is 2.39 bits per heavy atom. The number of benzene rings is 2. The van der Waals surface area contributed by atoms with Crippen LogP contribution in [0.5, 0.6) is 0 Å². The lowest BCUT2D eigenvalue weighted by Gasteiger charge is -2.32. The molecule has 1 saturated carbocycles. The third-order valence-electron chi connectivity index (χ3n) is 5.18. The van der Waals surface area contributed by atoms with Crippen molar-refractivity contribution in [2.24, 2.45) is 0 Å². The van der Waals surface area contributed by atoms with Gasteiger partial charge in [0.1, 0.15) is 12.0 Å². The number of hydrogen-bond acceptors (Lipinski definition) is 4. The number of fused-ring (bicyclic) bond motifs is 1. The van der Waals surface area contributed by atoms with Gasteiger partial charge in [0.25, 0.3) is 0 Å². The molecule has 0 spiro atoms. The Labute approximate surface area is 188 Å². The highest BCUT2D eigenvalue weighted by atomic mass is 32.1. The molecule has 3 aromatic rings. The van der Waals surface area contributed by atoms with Crippen molar-refractivity contribution in [1.29, 1.82) is 0 Å².